The summed E-state index contributed by atoms with van der Waals surface area (Å²) in [5, 5.41) is 14.1. The summed E-state index contributed by atoms with van der Waals surface area (Å²) in [4.78, 5) is 13.1. The van der Waals surface area contributed by atoms with E-state index in [1.807, 2.05) is 12.1 Å². The normalized spacial score (nSPS) is 12.2. The Kier molecular flexibility index (Phi) is 7.16. The van der Waals surface area contributed by atoms with Crippen LogP contribution in [0.25, 0.3) is 0 Å². The number of rotatable bonds is 6. The first-order valence-corrected chi connectivity index (χ1v) is 9.27. The molecule has 0 aliphatic carbocycles. The van der Waals surface area contributed by atoms with Crippen LogP contribution < -0.4 is 10.2 Å². The molecule has 2 rings (SSSR count). The fourth-order valence-corrected chi connectivity index (χ4v) is 3.30. The van der Waals surface area contributed by atoms with Crippen LogP contribution in [0.4, 0.5) is 0 Å². The number of carbonyl (C=O) groups excluding carboxylic acids is 1. The molecule has 2 aromatic rings. The van der Waals surface area contributed by atoms with E-state index in [-0.39, 0.29) is 16.9 Å². The van der Waals surface area contributed by atoms with Gasteiger partial charge in [-0.3, -0.25) is 4.79 Å². The third kappa shape index (κ3) is 5.66. The maximum atomic E-state index is 12.1. The maximum absolute atomic E-state index is 12.1. The van der Waals surface area contributed by atoms with E-state index in [1.54, 1.807) is 31.2 Å². The number of nitrogens with zero attached hydrogens (tertiary/aromatic N) is 1. The number of halogens is 2. The number of hydrogen-bond acceptors (Lipinski definition) is 5. The fourth-order valence-electron chi connectivity index (χ4n) is 1.86. The van der Waals surface area contributed by atoms with Crippen molar-refractivity contribution in [3.05, 3.63) is 51.5 Å². The van der Waals surface area contributed by atoms with Crippen molar-refractivity contribution in [3.63, 3.8) is 0 Å². The Morgan fingerprint density at radius 1 is 1.40 bits per heavy atom. The second-order valence-electron chi connectivity index (χ2n) is 5.00. The van der Waals surface area contributed by atoms with Gasteiger partial charge < -0.3 is 9.84 Å². The number of phenols is 1. The predicted octanol–water partition coefficient (Wildman–Crippen LogP) is 4.45. The first kappa shape index (κ1) is 19.6. The summed E-state index contributed by atoms with van der Waals surface area (Å²) in [6.07, 6.45) is 1.48. The molecule has 25 heavy (non-hydrogen) atoms. The van der Waals surface area contributed by atoms with Crippen molar-refractivity contribution in [2.45, 2.75) is 17.1 Å². The summed E-state index contributed by atoms with van der Waals surface area (Å²) in [7, 11) is 1.46. The molecule has 0 spiro atoms. The van der Waals surface area contributed by atoms with Gasteiger partial charge in [0.05, 0.1) is 23.0 Å². The van der Waals surface area contributed by atoms with Crippen LogP contribution in [0.3, 0.4) is 0 Å². The van der Waals surface area contributed by atoms with Crippen LogP contribution in [0.2, 0.25) is 5.02 Å². The molecule has 1 amide bonds. The number of phenolic OH excluding ortho intramolecular Hbond substituents is 1. The Hall–Kier alpha value is -1.70. The molecule has 1 atom stereocenters. The molecule has 0 heterocycles. The molecular formula is C17H16BrClN2O3S. The second kappa shape index (κ2) is 9.12. The van der Waals surface area contributed by atoms with Crippen LogP contribution in [0, 0.1) is 0 Å². The number of carbonyl (C=O) groups is 1. The maximum Gasteiger partial charge on any atom is 0.253 e. The zero-order chi connectivity index (χ0) is 18.4. The van der Waals surface area contributed by atoms with Crippen molar-refractivity contribution < 1.29 is 14.6 Å². The molecule has 0 unspecified atom stereocenters. The first-order chi connectivity index (χ1) is 11.9. The minimum absolute atomic E-state index is 0.0108. The van der Waals surface area contributed by atoms with E-state index >= 15 is 0 Å². The van der Waals surface area contributed by atoms with Crippen molar-refractivity contribution in [2.75, 3.05) is 7.11 Å². The van der Waals surface area contributed by atoms with Crippen molar-refractivity contribution >= 4 is 51.4 Å². The van der Waals surface area contributed by atoms with Crippen LogP contribution in [-0.4, -0.2) is 29.6 Å². The highest BCUT2D eigenvalue weighted by molar-refractivity contribution is 9.10. The SMILES string of the molecule is COc1cc(C=NNC(=O)[C@H](C)Sc2ccc(Cl)cc2)cc(Br)c1O. The summed E-state index contributed by atoms with van der Waals surface area (Å²) < 4.78 is 5.54. The van der Waals surface area contributed by atoms with Crippen LogP contribution in [0.5, 0.6) is 11.5 Å². The van der Waals surface area contributed by atoms with Crippen molar-refractivity contribution in [3.8, 4) is 11.5 Å². The molecule has 8 heteroatoms. The van der Waals surface area contributed by atoms with E-state index in [2.05, 4.69) is 26.5 Å². The topological polar surface area (TPSA) is 70.9 Å². The molecular weight excluding hydrogens is 428 g/mol. The van der Waals surface area contributed by atoms with Crippen LogP contribution in [-0.2, 0) is 4.79 Å². The standard InChI is InChI=1S/C17H16BrClN2O3S/c1-10(25-13-5-3-12(19)4-6-13)17(23)21-20-9-11-7-14(18)16(22)15(8-11)24-2/h3-10,22H,1-2H3,(H,21,23)/t10-/m0/s1. The molecule has 0 saturated heterocycles. The minimum atomic E-state index is -0.320. The fraction of sp³-hybridized carbons (Fsp3) is 0.176. The third-order valence-corrected chi connectivity index (χ3v) is 5.12. The molecule has 5 nitrogen and oxygen atoms in total. The van der Waals surface area contributed by atoms with Gasteiger partial charge in [0.1, 0.15) is 0 Å². The number of ether oxygens (including phenoxy) is 1. The number of thioether (sulfide) groups is 1. The lowest BCUT2D eigenvalue weighted by atomic mass is 10.2. The van der Waals surface area contributed by atoms with Crippen LogP contribution in [0.15, 0.2) is 50.9 Å². The molecule has 0 aliphatic rings. The molecule has 0 bridgehead atoms. The average Bonchev–Trinajstić information content (AvgIpc) is 2.59. The van der Waals surface area contributed by atoms with E-state index in [1.165, 1.54) is 25.1 Å². The van der Waals surface area contributed by atoms with Gasteiger partial charge in [-0.1, -0.05) is 11.6 Å². The zero-order valence-electron chi connectivity index (χ0n) is 13.5. The molecule has 0 fully saturated rings. The number of benzene rings is 2. The highest BCUT2D eigenvalue weighted by atomic mass is 79.9. The number of amides is 1. The van der Waals surface area contributed by atoms with E-state index < -0.39 is 0 Å². The summed E-state index contributed by atoms with van der Waals surface area (Å²) in [5.41, 5.74) is 3.17. The Morgan fingerprint density at radius 2 is 2.08 bits per heavy atom. The van der Waals surface area contributed by atoms with Gasteiger partial charge in [0.15, 0.2) is 11.5 Å². The van der Waals surface area contributed by atoms with E-state index in [0.717, 1.165) is 4.90 Å². The van der Waals surface area contributed by atoms with Gasteiger partial charge in [-0.05, 0) is 64.8 Å². The highest BCUT2D eigenvalue weighted by Crippen LogP contribution is 2.34. The largest absolute Gasteiger partial charge is 0.503 e. The molecule has 132 valence electrons. The van der Waals surface area contributed by atoms with Gasteiger partial charge in [0, 0.05) is 9.92 Å². The molecule has 0 aromatic heterocycles. The van der Waals surface area contributed by atoms with Gasteiger partial charge in [0.25, 0.3) is 5.91 Å². The van der Waals surface area contributed by atoms with Crippen LogP contribution in [0.1, 0.15) is 12.5 Å². The average molecular weight is 444 g/mol. The molecule has 2 aromatic carbocycles. The van der Waals surface area contributed by atoms with E-state index in [9.17, 15) is 9.90 Å². The number of methoxy groups -OCH3 is 1. The number of aromatic hydroxyl groups is 1. The molecule has 0 radical (unpaired) electrons. The lowest BCUT2D eigenvalue weighted by molar-refractivity contribution is -0.120. The number of hydrogen-bond donors (Lipinski definition) is 2. The van der Waals surface area contributed by atoms with Gasteiger partial charge in [-0.15, -0.1) is 11.8 Å². The Balaban J connectivity index is 1.95. The number of hydrazone groups is 1. The van der Waals surface area contributed by atoms with Crippen LogP contribution >= 0.6 is 39.3 Å². The number of nitrogens with one attached hydrogen (secondary N) is 1. The Bertz CT molecular complexity index is 784. The van der Waals surface area contributed by atoms with E-state index in [4.69, 9.17) is 16.3 Å². The summed E-state index contributed by atoms with van der Waals surface area (Å²) in [5.74, 6) is 0.103. The van der Waals surface area contributed by atoms with Crippen molar-refractivity contribution in [2.24, 2.45) is 5.10 Å². The lowest BCUT2D eigenvalue weighted by Gasteiger charge is -2.09. The van der Waals surface area contributed by atoms with Gasteiger partial charge in [-0.25, -0.2) is 5.43 Å². The monoisotopic (exact) mass is 442 g/mol. The second-order valence-corrected chi connectivity index (χ2v) is 7.71. The molecule has 0 aliphatic heterocycles. The molecule has 0 saturated carbocycles. The summed E-state index contributed by atoms with van der Waals surface area (Å²) in [6.45, 7) is 1.80. The lowest BCUT2D eigenvalue weighted by Crippen LogP contribution is -2.26. The third-order valence-electron chi connectivity index (χ3n) is 3.15. The summed E-state index contributed by atoms with van der Waals surface area (Å²) in [6, 6.07) is 10.6. The first-order valence-electron chi connectivity index (χ1n) is 7.22. The van der Waals surface area contributed by atoms with Crippen molar-refractivity contribution in [1.29, 1.82) is 0 Å². The van der Waals surface area contributed by atoms with E-state index in [0.29, 0.717) is 20.8 Å². The Morgan fingerprint density at radius 3 is 2.72 bits per heavy atom. The van der Waals surface area contributed by atoms with Gasteiger partial charge >= 0.3 is 0 Å². The molecule has 2 N–H and O–H groups in total. The quantitative estimate of drug-likeness (QED) is 0.393. The van der Waals surface area contributed by atoms with Crippen molar-refractivity contribution in [1.82, 2.24) is 5.43 Å². The van der Waals surface area contributed by atoms with Gasteiger partial charge in [0.2, 0.25) is 0 Å². The predicted molar refractivity (Wildman–Crippen MR) is 105 cm³/mol. The smallest absolute Gasteiger partial charge is 0.253 e. The minimum Gasteiger partial charge on any atom is -0.503 e. The highest BCUT2D eigenvalue weighted by Gasteiger charge is 2.13. The van der Waals surface area contributed by atoms with Gasteiger partial charge in [-0.2, -0.15) is 5.10 Å². The zero-order valence-corrected chi connectivity index (χ0v) is 16.7. The Labute approximate surface area is 163 Å². The summed E-state index contributed by atoms with van der Waals surface area (Å²) >= 11 is 10.5.